The fraction of sp³-hybridized carbons (Fsp3) is 0.200. The lowest BCUT2D eigenvalue weighted by atomic mass is 10.2. The van der Waals surface area contributed by atoms with Crippen LogP contribution in [0.4, 0.5) is 11.4 Å². The van der Waals surface area contributed by atoms with Gasteiger partial charge < -0.3 is 16.2 Å². The molecule has 0 aliphatic heterocycles. The molecule has 0 fully saturated rings. The molecule has 0 saturated carbocycles. The molecule has 14 heavy (non-hydrogen) atoms. The molecule has 0 radical (unpaired) electrons. The van der Waals surface area contributed by atoms with Gasteiger partial charge in [0.1, 0.15) is 5.75 Å². The van der Waals surface area contributed by atoms with Crippen LogP contribution in [0.1, 0.15) is 6.92 Å². The third-order valence-corrected chi connectivity index (χ3v) is 3.03. The van der Waals surface area contributed by atoms with Crippen LogP contribution < -0.4 is 16.2 Å². The van der Waals surface area contributed by atoms with Crippen molar-refractivity contribution in [1.82, 2.24) is 0 Å². The molecule has 0 unspecified atom stereocenters. The first-order valence-corrected chi connectivity index (χ1v) is 5.30. The van der Waals surface area contributed by atoms with Gasteiger partial charge in [0.15, 0.2) is 0 Å². The van der Waals surface area contributed by atoms with Crippen LogP contribution in [0.3, 0.4) is 0 Å². The second-order valence-corrected chi connectivity index (χ2v) is 3.89. The highest BCUT2D eigenvalue weighted by Crippen LogP contribution is 2.37. The number of thiophene rings is 1. The molecular formula is C10H12N2OS. The summed E-state index contributed by atoms with van der Waals surface area (Å²) in [5.41, 5.74) is 13.1. The molecule has 1 heterocycles. The predicted molar refractivity (Wildman–Crippen MR) is 61.8 cm³/mol. The van der Waals surface area contributed by atoms with Gasteiger partial charge in [-0.25, -0.2) is 0 Å². The summed E-state index contributed by atoms with van der Waals surface area (Å²) in [6.07, 6.45) is 0. The number of benzene rings is 1. The van der Waals surface area contributed by atoms with Gasteiger partial charge in [-0.3, -0.25) is 0 Å². The number of nitrogens with two attached hydrogens (primary N) is 2. The van der Waals surface area contributed by atoms with Gasteiger partial charge in [-0.05, 0) is 19.1 Å². The van der Waals surface area contributed by atoms with Crippen LogP contribution in [0.25, 0.3) is 10.1 Å². The standard InChI is InChI=1S/C10H12N2OS/c1-2-13-7-3-4-8-9(10(7)12)6(11)5-14-8/h3-5H,2,11-12H2,1H3. The Balaban J connectivity index is 2.66. The van der Waals surface area contributed by atoms with E-state index in [1.807, 2.05) is 24.4 Å². The van der Waals surface area contributed by atoms with Crippen LogP contribution in [-0.2, 0) is 0 Å². The second-order valence-electron chi connectivity index (χ2n) is 2.97. The first-order chi connectivity index (χ1) is 6.74. The first-order valence-electron chi connectivity index (χ1n) is 4.42. The first kappa shape index (κ1) is 9.15. The summed E-state index contributed by atoms with van der Waals surface area (Å²) in [5, 5.41) is 2.82. The van der Waals surface area contributed by atoms with Crippen molar-refractivity contribution in [3.05, 3.63) is 17.5 Å². The van der Waals surface area contributed by atoms with Gasteiger partial charge in [-0.1, -0.05) is 0 Å². The van der Waals surface area contributed by atoms with Crippen LogP contribution in [0.2, 0.25) is 0 Å². The minimum absolute atomic E-state index is 0.611. The normalized spacial score (nSPS) is 10.6. The van der Waals surface area contributed by atoms with E-state index in [2.05, 4.69) is 0 Å². The SMILES string of the molecule is CCOc1ccc2scc(N)c2c1N. The van der Waals surface area contributed by atoms with E-state index >= 15 is 0 Å². The lowest BCUT2D eigenvalue weighted by Gasteiger charge is -2.07. The van der Waals surface area contributed by atoms with Crippen molar-refractivity contribution in [1.29, 1.82) is 0 Å². The molecule has 1 aromatic carbocycles. The highest BCUT2D eigenvalue weighted by molar-refractivity contribution is 7.18. The molecule has 0 spiro atoms. The highest BCUT2D eigenvalue weighted by atomic mass is 32.1. The van der Waals surface area contributed by atoms with E-state index in [0.717, 1.165) is 15.8 Å². The van der Waals surface area contributed by atoms with Crippen molar-refractivity contribution >= 4 is 32.8 Å². The monoisotopic (exact) mass is 208 g/mol. The summed E-state index contributed by atoms with van der Waals surface area (Å²) in [7, 11) is 0. The maximum atomic E-state index is 5.95. The van der Waals surface area contributed by atoms with E-state index in [-0.39, 0.29) is 0 Å². The number of hydrogen-bond donors (Lipinski definition) is 2. The summed E-state index contributed by atoms with van der Waals surface area (Å²) < 4.78 is 6.49. The summed E-state index contributed by atoms with van der Waals surface area (Å²) in [4.78, 5) is 0. The summed E-state index contributed by atoms with van der Waals surface area (Å²) in [5.74, 6) is 0.713. The largest absolute Gasteiger partial charge is 0.492 e. The smallest absolute Gasteiger partial charge is 0.142 e. The molecule has 0 aliphatic carbocycles. The van der Waals surface area contributed by atoms with Gasteiger partial charge >= 0.3 is 0 Å². The van der Waals surface area contributed by atoms with Crippen molar-refractivity contribution in [2.75, 3.05) is 18.1 Å². The third-order valence-electron chi connectivity index (χ3n) is 2.07. The molecular weight excluding hydrogens is 196 g/mol. The highest BCUT2D eigenvalue weighted by Gasteiger charge is 2.09. The Morgan fingerprint density at radius 2 is 2.14 bits per heavy atom. The summed E-state index contributed by atoms with van der Waals surface area (Å²) >= 11 is 1.59. The second kappa shape index (κ2) is 3.38. The van der Waals surface area contributed by atoms with Gasteiger partial charge in [-0.2, -0.15) is 0 Å². The Hall–Kier alpha value is -1.42. The number of ether oxygens (including phenoxy) is 1. The zero-order chi connectivity index (χ0) is 10.1. The Kier molecular flexibility index (Phi) is 2.21. The molecule has 1 aromatic heterocycles. The van der Waals surface area contributed by atoms with Gasteiger partial charge in [0.2, 0.25) is 0 Å². The van der Waals surface area contributed by atoms with Crippen LogP contribution >= 0.6 is 11.3 Å². The van der Waals surface area contributed by atoms with Gasteiger partial charge in [0.25, 0.3) is 0 Å². The van der Waals surface area contributed by atoms with Crippen molar-refractivity contribution in [2.24, 2.45) is 0 Å². The number of nitrogen functional groups attached to an aromatic ring is 2. The number of anilines is 2. The Morgan fingerprint density at radius 3 is 2.86 bits per heavy atom. The zero-order valence-electron chi connectivity index (χ0n) is 7.91. The fourth-order valence-electron chi connectivity index (χ4n) is 1.44. The lowest BCUT2D eigenvalue weighted by Crippen LogP contribution is -1.97. The minimum atomic E-state index is 0.611. The lowest BCUT2D eigenvalue weighted by molar-refractivity contribution is 0.342. The molecule has 3 nitrogen and oxygen atoms in total. The van der Waals surface area contributed by atoms with Gasteiger partial charge in [0, 0.05) is 15.5 Å². The minimum Gasteiger partial charge on any atom is -0.492 e. The van der Waals surface area contributed by atoms with Gasteiger partial charge in [0.05, 0.1) is 18.0 Å². The van der Waals surface area contributed by atoms with E-state index in [1.165, 1.54) is 0 Å². The quantitative estimate of drug-likeness (QED) is 0.745. The van der Waals surface area contributed by atoms with Crippen LogP contribution in [0.15, 0.2) is 17.5 Å². The molecule has 0 amide bonds. The molecule has 0 aliphatic rings. The molecule has 2 aromatic rings. The average molecular weight is 208 g/mol. The number of rotatable bonds is 2. The maximum absolute atomic E-state index is 5.95. The van der Waals surface area contributed by atoms with Crippen LogP contribution in [0, 0.1) is 0 Å². The van der Waals surface area contributed by atoms with E-state index in [4.69, 9.17) is 16.2 Å². The number of fused-ring (bicyclic) bond motifs is 1. The van der Waals surface area contributed by atoms with Crippen LogP contribution in [-0.4, -0.2) is 6.61 Å². The summed E-state index contributed by atoms with van der Waals surface area (Å²) in [6, 6.07) is 3.87. The van der Waals surface area contributed by atoms with E-state index < -0.39 is 0 Å². The van der Waals surface area contributed by atoms with Crippen molar-refractivity contribution in [2.45, 2.75) is 6.92 Å². The molecule has 74 valence electrons. The molecule has 2 rings (SSSR count). The van der Waals surface area contributed by atoms with E-state index in [9.17, 15) is 0 Å². The maximum Gasteiger partial charge on any atom is 0.142 e. The predicted octanol–water partition coefficient (Wildman–Crippen LogP) is 2.46. The van der Waals surface area contributed by atoms with Crippen LogP contribution in [0.5, 0.6) is 5.75 Å². The van der Waals surface area contributed by atoms with Crippen molar-refractivity contribution in [3.8, 4) is 5.75 Å². The summed E-state index contributed by atoms with van der Waals surface area (Å²) in [6.45, 7) is 2.54. The Labute approximate surface area is 86.3 Å². The van der Waals surface area contributed by atoms with Crippen molar-refractivity contribution in [3.63, 3.8) is 0 Å². The van der Waals surface area contributed by atoms with E-state index in [1.54, 1.807) is 11.3 Å². The molecule has 4 heteroatoms. The Morgan fingerprint density at radius 1 is 1.36 bits per heavy atom. The molecule has 0 saturated heterocycles. The van der Waals surface area contributed by atoms with Crippen molar-refractivity contribution < 1.29 is 4.74 Å². The molecule has 0 atom stereocenters. The molecule has 0 bridgehead atoms. The zero-order valence-corrected chi connectivity index (χ0v) is 8.73. The average Bonchev–Trinajstić information content (AvgIpc) is 2.54. The number of hydrogen-bond acceptors (Lipinski definition) is 4. The third kappa shape index (κ3) is 1.28. The molecule has 4 N–H and O–H groups in total. The fourth-order valence-corrected chi connectivity index (χ4v) is 2.31. The van der Waals surface area contributed by atoms with E-state index in [0.29, 0.717) is 18.0 Å². The Bertz CT molecular complexity index is 464. The van der Waals surface area contributed by atoms with Gasteiger partial charge in [-0.15, -0.1) is 11.3 Å². The topological polar surface area (TPSA) is 61.3 Å².